The van der Waals surface area contributed by atoms with Crippen molar-refractivity contribution in [1.82, 2.24) is 4.98 Å². The quantitative estimate of drug-likeness (QED) is 0.631. The Morgan fingerprint density at radius 1 is 1.12 bits per heavy atom. The standard InChI is InChI=1S/C13H8BrNS/c14-11-4-1-5-12-13(11)10(8-16-12)9-3-2-6-15-7-9/h1-8H. The molecule has 0 bridgehead atoms. The van der Waals surface area contributed by atoms with E-state index in [9.17, 15) is 0 Å². The van der Waals surface area contributed by atoms with Crippen LogP contribution < -0.4 is 0 Å². The molecule has 0 saturated heterocycles. The fourth-order valence-electron chi connectivity index (χ4n) is 1.78. The van der Waals surface area contributed by atoms with Crippen LogP contribution in [-0.2, 0) is 0 Å². The lowest BCUT2D eigenvalue weighted by Crippen LogP contribution is -1.77. The topological polar surface area (TPSA) is 12.9 Å². The molecule has 0 spiro atoms. The smallest absolute Gasteiger partial charge is 0.0360 e. The number of nitrogens with zero attached hydrogens (tertiary/aromatic N) is 1. The Kier molecular flexibility index (Phi) is 2.50. The zero-order chi connectivity index (χ0) is 11.0. The number of hydrogen-bond donors (Lipinski definition) is 0. The van der Waals surface area contributed by atoms with Gasteiger partial charge in [-0.2, -0.15) is 0 Å². The predicted molar refractivity (Wildman–Crippen MR) is 72.8 cm³/mol. The summed E-state index contributed by atoms with van der Waals surface area (Å²) in [6.07, 6.45) is 3.70. The Morgan fingerprint density at radius 2 is 2.06 bits per heavy atom. The molecule has 0 radical (unpaired) electrons. The second-order valence-corrected chi connectivity index (χ2v) is 5.27. The average Bonchev–Trinajstić information content (AvgIpc) is 2.75. The van der Waals surface area contributed by atoms with E-state index in [2.05, 4.69) is 50.6 Å². The molecule has 1 nitrogen and oxygen atoms in total. The molecule has 2 aromatic heterocycles. The maximum absolute atomic E-state index is 4.17. The SMILES string of the molecule is Brc1cccc2scc(-c3cccnc3)c12. The Labute approximate surface area is 106 Å². The molecule has 0 aliphatic rings. The zero-order valence-electron chi connectivity index (χ0n) is 8.35. The highest BCUT2D eigenvalue weighted by atomic mass is 79.9. The molecule has 3 heteroatoms. The summed E-state index contributed by atoms with van der Waals surface area (Å²) in [7, 11) is 0. The highest BCUT2D eigenvalue weighted by Crippen LogP contribution is 2.37. The third-order valence-corrected chi connectivity index (χ3v) is 4.13. The van der Waals surface area contributed by atoms with Gasteiger partial charge >= 0.3 is 0 Å². The summed E-state index contributed by atoms with van der Waals surface area (Å²) >= 11 is 5.38. The first-order chi connectivity index (χ1) is 7.86. The first kappa shape index (κ1) is 10.00. The molecule has 78 valence electrons. The average molecular weight is 290 g/mol. The van der Waals surface area contributed by atoms with Gasteiger partial charge in [-0.25, -0.2) is 0 Å². The minimum Gasteiger partial charge on any atom is -0.264 e. The van der Waals surface area contributed by atoms with Crippen LogP contribution in [0.5, 0.6) is 0 Å². The number of halogens is 1. The highest BCUT2D eigenvalue weighted by Gasteiger charge is 2.08. The molecule has 3 aromatic rings. The molecule has 3 rings (SSSR count). The van der Waals surface area contributed by atoms with E-state index in [0.717, 1.165) is 4.47 Å². The second-order valence-electron chi connectivity index (χ2n) is 3.50. The Balaban J connectivity index is 2.33. The van der Waals surface area contributed by atoms with E-state index in [0.29, 0.717) is 0 Å². The van der Waals surface area contributed by atoms with Crippen LogP contribution in [0.2, 0.25) is 0 Å². The summed E-state index contributed by atoms with van der Waals surface area (Å²) in [5.74, 6) is 0. The van der Waals surface area contributed by atoms with Crippen molar-refractivity contribution in [2.75, 3.05) is 0 Å². The Morgan fingerprint density at radius 3 is 2.88 bits per heavy atom. The van der Waals surface area contributed by atoms with Crippen LogP contribution in [0.1, 0.15) is 0 Å². The van der Waals surface area contributed by atoms with E-state index in [1.807, 2.05) is 12.3 Å². The number of benzene rings is 1. The van der Waals surface area contributed by atoms with Crippen molar-refractivity contribution in [1.29, 1.82) is 0 Å². The van der Waals surface area contributed by atoms with Crippen LogP contribution in [0.15, 0.2) is 52.6 Å². The van der Waals surface area contributed by atoms with Gasteiger partial charge in [0.2, 0.25) is 0 Å². The molecule has 0 fully saturated rings. The van der Waals surface area contributed by atoms with Crippen LogP contribution >= 0.6 is 27.3 Å². The molecule has 1 aromatic carbocycles. The first-order valence-electron chi connectivity index (χ1n) is 4.92. The van der Waals surface area contributed by atoms with Gasteiger partial charge in [-0.1, -0.05) is 28.1 Å². The molecule has 0 aliphatic heterocycles. The summed E-state index contributed by atoms with van der Waals surface area (Å²) in [5, 5.41) is 3.47. The van der Waals surface area contributed by atoms with Crippen LogP contribution in [0.3, 0.4) is 0 Å². The minimum absolute atomic E-state index is 1.14. The first-order valence-corrected chi connectivity index (χ1v) is 6.59. The molecule has 16 heavy (non-hydrogen) atoms. The fraction of sp³-hybridized carbons (Fsp3) is 0. The lowest BCUT2D eigenvalue weighted by atomic mass is 10.1. The van der Waals surface area contributed by atoms with Gasteiger partial charge in [-0.05, 0) is 23.6 Å². The van der Waals surface area contributed by atoms with E-state index < -0.39 is 0 Å². The van der Waals surface area contributed by atoms with Gasteiger partial charge < -0.3 is 0 Å². The lowest BCUT2D eigenvalue weighted by Gasteiger charge is -2.00. The van der Waals surface area contributed by atoms with Gasteiger partial charge in [-0.15, -0.1) is 11.3 Å². The Hall–Kier alpha value is -1.19. The summed E-state index contributed by atoms with van der Waals surface area (Å²) in [6, 6.07) is 10.3. The minimum atomic E-state index is 1.14. The number of pyridine rings is 1. The third-order valence-electron chi connectivity index (χ3n) is 2.52. The number of fused-ring (bicyclic) bond motifs is 1. The molecule has 0 unspecified atom stereocenters. The molecule has 0 N–H and O–H groups in total. The monoisotopic (exact) mass is 289 g/mol. The van der Waals surface area contributed by atoms with E-state index in [4.69, 9.17) is 0 Å². The van der Waals surface area contributed by atoms with Crippen molar-refractivity contribution < 1.29 is 0 Å². The van der Waals surface area contributed by atoms with Crippen molar-refractivity contribution in [3.8, 4) is 11.1 Å². The third kappa shape index (κ3) is 1.56. The predicted octanol–water partition coefficient (Wildman–Crippen LogP) is 4.73. The van der Waals surface area contributed by atoms with Crippen LogP contribution in [0, 0.1) is 0 Å². The number of rotatable bonds is 1. The van der Waals surface area contributed by atoms with Crippen LogP contribution in [-0.4, -0.2) is 4.98 Å². The highest BCUT2D eigenvalue weighted by molar-refractivity contribution is 9.10. The van der Waals surface area contributed by atoms with E-state index in [-0.39, 0.29) is 0 Å². The van der Waals surface area contributed by atoms with E-state index >= 15 is 0 Å². The molecule has 0 saturated carbocycles. The van der Waals surface area contributed by atoms with Crippen molar-refractivity contribution in [2.24, 2.45) is 0 Å². The van der Waals surface area contributed by atoms with Crippen LogP contribution in [0.25, 0.3) is 21.2 Å². The molecular formula is C13H8BrNS. The number of thiophene rings is 1. The lowest BCUT2D eigenvalue weighted by molar-refractivity contribution is 1.33. The zero-order valence-corrected chi connectivity index (χ0v) is 10.8. The summed E-state index contributed by atoms with van der Waals surface area (Å²) < 4.78 is 2.44. The normalized spacial score (nSPS) is 10.8. The van der Waals surface area contributed by atoms with Gasteiger partial charge in [0.1, 0.15) is 0 Å². The summed E-state index contributed by atoms with van der Waals surface area (Å²) in [5.41, 5.74) is 2.42. The van der Waals surface area contributed by atoms with Gasteiger partial charge in [0.15, 0.2) is 0 Å². The molecular weight excluding hydrogens is 282 g/mol. The van der Waals surface area contributed by atoms with Gasteiger partial charge in [-0.3, -0.25) is 4.98 Å². The molecule has 0 atom stereocenters. The maximum Gasteiger partial charge on any atom is 0.0360 e. The largest absolute Gasteiger partial charge is 0.264 e. The summed E-state index contributed by atoms with van der Waals surface area (Å²) in [6.45, 7) is 0. The summed E-state index contributed by atoms with van der Waals surface area (Å²) in [4.78, 5) is 4.17. The second kappa shape index (κ2) is 4.00. The van der Waals surface area contributed by atoms with Crippen LogP contribution in [0.4, 0.5) is 0 Å². The van der Waals surface area contributed by atoms with E-state index in [1.54, 1.807) is 17.5 Å². The Bertz CT molecular complexity index is 631. The maximum atomic E-state index is 4.17. The van der Waals surface area contributed by atoms with Gasteiger partial charge in [0.25, 0.3) is 0 Å². The van der Waals surface area contributed by atoms with Crippen molar-refractivity contribution >= 4 is 37.4 Å². The fourth-order valence-corrected chi connectivity index (χ4v) is 3.48. The van der Waals surface area contributed by atoms with Crippen molar-refractivity contribution in [2.45, 2.75) is 0 Å². The van der Waals surface area contributed by atoms with Gasteiger partial charge in [0.05, 0.1) is 0 Å². The van der Waals surface area contributed by atoms with Gasteiger partial charge in [0, 0.05) is 38.1 Å². The molecule has 0 aliphatic carbocycles. The van der Waals surface area contributed by atoms with Crippen molar-refractivity contribution in [3.05, 3.63) is 52.6 Å². The van der Waals surface area contributed by atoms with E-state index in [1.165, 1.54) is 21.2 Å². The number of hydrogen-bond acceptors (Lipinski definition) is 2. The van der Waals surface area contributed by atoms with Crippen molar-refractivity contribution in [3.63, 3.8) is 0 Å². The molecule has 0 amide bonds. The molecule has 2 heterocycles. The number of aromatic nitrogens is 1.